The summed E-state index contributed by atoms with van der Waals surface area (Å²) in [4.78, 5) is 16.4. The van der Waals surface area contributed by atoms with Crippen LogP contribution in [0.5, 0.6) is 0 Å². The van der Waals surface area contributed by atoms with Crippen LogP contribution in [0.4, 0.5) is 4.79 Å². The molecule has 0 saturated carbocycles. The number of urea groups is 1. The number of rotatable bonds is 3. The normalized spacial score (nSPS) is 20.9. The number of nitrogens with zero attached hydrogens (tertiary/aromatic N) is 2. The van der Waals surface area contributed by atoms with Crippen molar-refractivity contribution in [1.29, 1.82) is 0 Å². The molecule has 0 aliphatic carbocycles. The number of hydrogen-bond donors (Lipinski definition) is 1. The Bertz CT molecular complexity index is 396. The second-order valence-corrected chi connectivity index (χ2v) is 6.22. The van der Waals surface area contributed by atoms with Crippen LogP contribution >= 0.6 is 27.3 Å². The van der Waals surface area contributed by atoms with Crippen molar-refractivity contribution in [2.75, 3.05) is 26.7 Å². The van der Waals surface area contributed by atoms with Crippen molar-refractivity contribution in [3.05, 3.63) is 20.8 Å². The van der Waals surface area contributed by atoms with Crippen LogP contribution in [-0.4, -0.2) is 47.7 Å². The second kappa shape index (κ2) is 4.73. The van der Waals surface area contributed by atoms with Crippen LogP contribution in [0.3, 0.4) is 0 Å². The van der Waals surface area contributed by atoms with Crippen molar-refractivity contribution < 1.29 is 9.90 Å². The van der Waals surface area contributed by atoms with Gasteiger partial charge in [-0.15, -0.1) is 11.3 Å². The molecule has 2 amide bonds. The zero-order chi connectivity index (χ0) is 11.7. The average Bonchev–Trinajstić information content (AvgIpc) is 2.78. The topological polar surface area (TPSA) is 43.8 Å². The molecule has 0 bridgehead atoms. The van der Waals surface area contributed by atoms with Crippen molar-refractivity contribution in [1.82, 2.24) is 9.80 Å². The minimum Gasteiger partial charge on any atom is -0.395 e. The predicted molar refractivity (Wildman–Crippen MR) is 66.6 cm³/mol. The van der Waals surface area contributed by atoms with Crippen LogP contribution < -0.4 is 0 Å². The number of halogens is 1. The molecule has 6 heteroatoms. The van der Waals surface area contributed by atoms with Crippen LogP contribution in [0.1, 0.15) is 10.9 Å². The molecular weight excluding hydrogens is 292 g/mol. The Morgan fingerprint density at radius 2 is 2.38 bits per heavy atom. The molecule has 1 atom stereocenters. The highest BCUT2D eigenvalue weighted by molar-refractivity contribution is 9.11. The van der Waals surface area contributed by atoms with Gasteiger partial charge in [-0.1, -0.05) is 0 Å². The maximum Gasteiger partial charge on any atom is 0.320 e. The van der Waals surface area contributed by atoms with Gasteiger partial charge in [0.2, 0.25) is 0 Å². The van der Waals surface area contributed by atoms with Crippen molar-refractivity contribution in [3.8, 4) is 0 Å². The highest BCUT2D eigenvalue weighted by Gasteiger charge is 2.35. The molecule has 1 unspecified atom stereocenters. The van der Waals surface area contributed by atoms with E-state index in [2.05, 4.69) is 15.9 Å². The standard InChI is InChI=1S/C10H13BrN2O2S/c1-12-7(8-2-3-9(11)16-8)6-13(4-5-14)10(12)15/h2-3,7,14H,4-6H2,1H3. The zero-order valence-electron chi connectivity index (χ0n) is 8.89. The lowest BCUT2D eigenvalue weighted by atomic mass is 10.2. The molecule has 2 rings (SSSR count). The average molecular weight is 305 g/mol. The zero-order valence-corrected chi connectivity index (χ0v) is 11.3. The van der Waals surface area contributed by atoms with E-state index in [4.69, 9.17) is 5.11 Å². The number of likely N-dealkylation sites (N-methyl/N-ethyl adjacent to an activating group) is 1. The molecule has 2 heterocycles. The molecule has 0 radical (unpaired) electrons. The SMILES string of the molecule is CN1C(=O)N(CCO)CC1c1ccc(Br)s1. The summed E-state index contributed by atoms with van der Waals surface area (Å²) in [6.45, 7) is 1.08. The van der Waals surface area contributed by atoms with Gasteiger partial charge in [-0.2, -0.15) is 0 Å². The van der Waals surface area contributed by atoms with Crippen molar-refractivity contribution in [2.45, 2.75) is 6.04 Å². The molecule has 16 heavy (non-hydrogen) atoms. The van der Waals surface area contributed by atoms with E-state index in [-0.39, 0.29) is 18.7 Å². The highest BCUT2D eigenvalue weighted by Crippen LogP contribution is 2.34. The lowest BCUT2D eigenvalue weighted by Gasteiger charge is -2.15. The van der Waals surface area contributed by atoms with Crippen LogP contribution in [0.25, 0.3) is 0 Å². The van der Waals surface area contributed by atoms with E-state index in [0.29, 0.717) is 13.1 Å². The largest absolute Gasteiger partial charge is 0.395 e. The number of aliphatic hydroxyl groups is 1. The maximum absolute atomic E-state index is 11.8. The summed E-state index contributed by atoms with van der Waals surface area (Å²) >= 11 is 5.07. The first-order valence-corrected chi connectivity index (χ1v) is 6.62. The van der Waals surface area contributed by atoms with Crippen molar-refractivity contribution in [2.24, 2.45) is 0 Å². The van der Waals surface area contributed by atoms with E-state index in [9.17, 15) is 4.79 Å². The number of aliphatic hydroxyl groups excluding tert-OH is 1. The Labute approximate surface area is 107 Å². The van der Waals surface area contributed by atoms with E-state index >= 15 is 0 Å². The van der Waals surface area contributed by atoms with Crippen LogP contribution in [0, 0.1) is 0 Å². The minimum absolute atomic E-state index is 0.0106. The summed E-state index contributed by atoms with van der Waals surface area (Å²) in [5.74, 6) is 0. The Morgan fingerprint density at radius 1 is 1.62 bits per heavy atom. The van der Waals surface area contributed by atoms with Gasteiger partial charge in [0.15, 0.2) is 0 Å². The number of carbonyl (C=O) groups is 1. The van der Waals surface area contributed by atoms with Gasteiger partial charge in [-0.3, -0.25) is 0 Å². The molecule has 1 aliphatic rings. The van der Waals surface area contributed by atoms with Crippen LogP contribution in [-0.2, 0) is 0 Å². The fourth-order valence-electron chi connectivity index (χ4n) is 1.86. The van der Waals surface area contributed by atoms with Gasteiger partial charge in [0.1, 0.15) is 0 Å². The van der Waals surface area contributed by atoms with E-state index in [1.165, 1.54) is 4.88 Å². The Kier molecular flexibility index (Phi) is 3.51. The van der Waals surface area contributed by atoms with Gasteiger partial charge in [0, 0.05) is 25.0 Å². The second-order valence-electron chi connectivity index (χ2n) is 3.72. The van der Waals surface area contributed by atoms with Crippen molar-refractivity contribution >= 4 is 33.3 Å². The first-order chi connectivity index (χ1) is 7.63. The molecule has 1 fully saturated rings. The number of thiophene rings is 1. The first kappa shape index (κ1) is 11.9. The summed E-state index contributed by atoms with van der Waals surface area (Å²) in [5, 5.41) is 8.87. The number of amides is 2. The van der Waals surface area contributed by atoms with Crippen LogP contribution in [0.15, 0.2) is 15.9 Å². The quantitative estimate of drug-likeness (QED) is 0.927. The Hall–Kier alpha value is -0.590. The molecule has 1 saturated heterocycles. The van der Waals surface area contributed by atoms with Gasteiger partial charge in [-0.05, 0) is 28.1 Å². The molecule has 1 aromatic rings. The number of β-amino-alcohol motifs (C(OH)–C–C–N with tert-alkyl or cyclic N) is 1. The van der Waals surface area contributed by atoms with Gasteiger partial charge in [0.25, 0.3) is 0 Å². The summed E-state index contributed by atoms with van der Waals surface area (Å²) < 4.78 is 1.07. The van der Waals surface area contributed by atoms with Gasteiger partial charge in [-0.25, -0.2) is 4.79 Å². The maximum atomic E-state index is 11.8. The molecule has 1 aromatic heterocycles. The fourth-order valence-corrected chi connectivity index (χ4v) is 3.42. The van der Waals surface area contributed by atoms with E-state index in [0.717, 1.165) is 3.79 Å². The lowest BCUT2D eigenvalue weighted by Crippen LogP contribution is -2.31. The Balaban J connectivity index is 2.15. The number of hydrogen-bond acceptors (Lipinski definition) is 3. The summed E-state index contributed by atoms with van der Waals surface area (Å²) in [7, 11) is 1.80. The summed E-state index contributed by atoms with van der Waals surface area (Å²) in [6, 6.07) is 4.12. The van der Waals surface area contributed by atoms with Gasteiger partial charge < -0.3 is 14.9 Å². The van der Waals surface area contributed by atoms with Crippen molar-refractivity contribution in [3.63, 3.8) is 0 Å². The molecule has 1 aliphatic heterocycles. The smallest absolute Gasteiger partial charge is 0.320 e. The molecule has 0 aromatic carbocycles. The van der Waals surface area contributed by atoms with E-state index < -0.39 is 0 Å². The van der Waals surface area contributed by atoms with E-state index in [1.807, 2.05) is 12.1 Å². The first-order valence-electron chi connectivity index (χ1n) is 5.01. The van der Waals surface area contributed by atoms with E-state index in [1.54, 1.807) is 28.2 Å². The van der Waals surface area contributed by atoms with Crippen LogP contribution in [0.2, 0.25) is 0 Å². The highest BCUT2D eigenvalue weighted by atomic mass is 79.9. The molecule has 4 nitrogen and oxygen atoms in total. The number of carbonyl (C=O) groups excluding carboxylic acids is 1. The molecule has 1 N–H and O–H groups in total. The summed E-state index contributed by atoms with van der Waals surface area (Å²) in [6.07, 6.45) is 0. The van der Waals surface area contributed by atoms with Gasteiger partial charge in [0.05, 0.1) is 16.4 Å². The minimum atomic E-state index is -0.0106. The third-order valence-electron chi connectivity index (χ3n) is 2.73. The summed E-state index contributed by atoms with van der Waals surface area (Å²) in [5.41, 5.74) is 0. The van der Waals surface area contributed by atoms with Gasteiger partial charge >= 0.3 is 6.03 Å². The lowest BCUT2D eigenvalue weighted by molar-refractivity contribution is 0.182. The molecular formula is C10H13BrN2O2S. The Morgan fingerprint density at radius 3 is 2.94 bits per heavy atom. The predicted octanol–water partition coefficient (Wildman–Crippen LogP) is 1.91. The third kappa shape index (κ3) is 2.09. The third-order valence-corrected chi connectivity index (χ3v) is 4.45. The monoisotopic (exact) mass is 304 g/mol. The fraction of sp³-hybridized carbons (Fsp3) is 0.500. The molecule has 0 spiro atoms. The molecule has 88 valence electrons.